The molecule has 152 valence electrons. The van der Waals surface area contributed by atoms with Crippen molar-refractivity contribution >= 4 is 29.9 Å². The molecule has 3 aromatic rings. The van der Waals surface area contributed by atoms with E-state index < -0.39 is 0 Å². The van der Waals surface area contributed by atoms with Crippen molar-refractivity contribution in [1.82, 2.24) is 25.2 Å². The van der Waals surface area contributed by atoms with Crippen LogP contribution in [0.4, 0.5) is 0 Å². The quantitative estimate of drug-likeness (QED) is 0.326. The molecule has 1 atom stereocenters. The Morgan fingerprint density at radius 2 is 2.00 bits per heavy atom. The Labute approximate surface area is 188 Å². The van der Waals surface area contributed by atoms with Gasteiger partial charge in [0.25, 0.3) is 0 Å². The normalized spacial score (nSPS) is 15.9. The van der Waals surface area contributed by atoms with E-state index in [1.54, 1.807) is 6.20 Å². The molecule has 1 aliphatic rings. The van der Waals surface area contributed by atoms with Crippen molar-refractivity contribution in [2.75, 3.05) is 7.05 Å². The fourth-order valence-electron chi connectivity index (χ4n) is 3.68. The highest BCUT2D eigenvalue weighted by Crippen LogP contribution is 2.20. The molecule has 0 bridgehead atoms. The van der Waals surface area contributed by atoms with Crippen molar-refractivity contribution < 1.29 is 0 Å². The summed E-state index contributed by atoms with van der Waals surface area (Å²) in [7, 11) is 1.81. The smallest absolute Gasteiger partial charge is 0.191 e. The predicted molar refractivity (Wildman–Crippen MR) is 127 cm³/mol. The van der Waals surface area contributed by atoms with Gasteiger partial charge in [-0.05, 0) is 48.9 Å². The van der Waals surface area contributed by atoms with Gasteiger partial charge in [-0.1, -0.05) is 30.3 Å². The number of benzene rings is 1. The van der Waals surface area contributed by atoms with Crippen LogP contribution in [-0.2, 0) is 19.4 Å². The number of fused-ring (bicyclic) bond motifs is 1. The van der Waals surface area contributed by atoms with Crippen LogP contribution in [0.1, 0.15) is 28.9 Å². The van der Waals surface area contributed by atoms with Gasteiger partial charge in [-0.25, -0.2) is 9.97 Å². The molecule has 29 heavy (non-hydrogen) atoms. The first-order valence-electron chi connectivity index (χ1n) is 9.72. The molecule has 2 heterocycles. The molecule has 0 amide bonds. The molecule has 0 radical (unpaired) electrons. The topological polar surface area (TPSA) is 67.1 Å². The van der Waals surface area contributed by atoms with E-state index in [9.17, 15) is 0 Å². The lowest BCUT2D eigenvalue weighted by Crippen LogP contribution is -2.45. The Hall–Kier alpha value is -2.42. The summed E-state index contributed by atoms with van der Waals surface area (Å²) in [6.45, 7) is 2.65. The lowest BCUT2D eigenvalue weighted by Gasteiger charge is -2.27. The number of guanidine groups is 1. The summed E-state index contributed by atoms with van der Waals surface area (Å²) >= 11 is 0. The lowest BCUT2D eigenvalue weighted by molar-refractivity contribution is 0.520. The van der Waals surface area contributed by atoms with Crippen molar-refractivity contribution in [3.63, 3.8) is 0 Å². The first-order chi connectivity index (χ1) is 13.7. The third kappa shape index (κ3) is 5.14. The molecule has 1 aromatic carbocycles. The Morgan fingerprint density at radius 1 is 1.17 bits per heavy atom. The summed E-state index contributed by atoms with van der Waals surface area (Å²) in [5, 5.41) is 6.97. The van der Waals surface area contributed by atoms with Crippen molar-refractivity contribution in [3.05, 3.63) is 77.5 Å². The Bertz CT molecular complexity index is 963. The zero-order valence-corrected chi connectivity index (χ0v) is 19.1. The zero-order valence-electron chi connectivity index (χ0n) is 16.8. The maximum absolute atomic E-state index is 4.55. The summed E-state index contributed by atoms with van der Waals surface area (Å²) in [6, 6.07) is 13.2. The van der Waals surface area contributed by atoms with Gasteiger partial charge >= 0.3 is 0 Å². The number of hydrogen-bond acceptors (Lipinski definition) is 3. The monoisotopic (exact) mass is 502 g/mol. The second kappa shape index (κ2) is 9.87. The van der Waals surface area contributed by atoms with E-state index in [0.29, 0.717) is 12.6 Å². The summed E-state index contributed by atoms with van der Waals surface area (Å²) in [5.74, 6) is 2.64. The lowest BCUT2D eigenvalue weighted by atomic mass is 9.88. The van der Waals surface area contributed by atoms with Gasteiger partial charge in [-0.2, -0.15) is 0 Å². The Kier molecular flexibility index (Phi) is 7.24. The molecule has 1 aliphatic carbocycles. The fourth-order valence-corrected chi connectivity index (χ4v) is 3.68. The van der Waals surface area contributed by atoms with Crippen molar-refractivity contribution in [2.24, 2.45) is 4.99 Å². The molecular weight excluding hydrogens is 475 g/mol. The SMILES string of the molecule is CN=C(NCc1ccc(-n2ccnc2C)nc1)NC1CCc2ccccc2C1.I. The molecule has 7 heteroatoms. The van der Waals surface area contributed by atoms with Crippen LogP contribution in [0.5, 0.6) is 0 Å². The standard InChI is InChI=1S/C22H26N6.HI/c1-16-24-11-12-28(16)21-10-7-17(14-25-21)15-26-22(23-2)27-20-9-8-18-5-3-4-6-19(18)13-20;/h3-7,10-12,14,20H,8-9,13,15H2,1-2H3,(H2,23,26,27);1H. The van der Waals surface area contributed by atoms with E-state index in [-0.39, 0.29) is 24.0 Å². The minimum atomic E-state index is 0. The number of nitrogens with one attached hydrogen (secondary N) is 2. The summed E-state index contributed by atoms with van der Waals surface area (Å²) < 4.78 is 1.97. The average molecular weight is 502 g/mol. The summed E-state index contributed by atoms with van der Waals surface area (Å²) in [4.78, 5) is 13.2. The fraction of sp³-hybridized carbons (Fsp3) is 0.318. The van der Waals surface area contributed by atoms with E-state index in [1.165, 1.54) is 11.1 Å². The van der Waals surface area contributed by atoms with Gasteiger partial charge in [0.1, 0.15) is 11.6 Å². The maximum Gasteiger partial charge on any atom is 0.191 e. The molecule has 2 aromatic heterocycles. The van der Waals surface area contributed by atoms with Crippen LogP contribution in [0, 0.1) is 6.92 Å². The second-order valence-electron chi connectivity index (χ2n) is 7.15. The molecule has 0 spiro atoms. The number of aliphatic imine (C=N–C) groups is 1. The highest BCUT2D eigenvalue weighted by Gasteiger charge is 2.18. The largest absolute Gasteiger partial charge is 0.353 e. The van der Waals surface area contributed by atoms with Crippen molar-refractivity contribution in [1.29, 1.82) is 0 Å². The third-order valence-corrected chi connectivity index (χ3v) is 5.25. The second-order valence-corrected chi connectivity index (χ2v) is 7.15. The van der Waals surface area contributed by atoms with Crippen molar-refractivity contribution in [2.45, 2.75) is 38.8 Å². The van der Waals surface area contributed by atoms with Gasteiger partial charge in [-0.15, -0.1) is 24.0 Å². The van der Waals surface area contributed by atoms with Gasteiger partial charge in [0, 0.05) is 38.2 Å². The van der Waals surface area contributed by atoms with Crippen LogP contribution in [0.15, 0.2) is 60.0 Å². The Morgan fingerprint density at radius 3 is 2.69 bits per heavy atom. The van der Waals surface area contributed by atoms with E-state index in [2.05, 4.69) is 55.9 Å². The van der Waals surface area contributed by atoms with Crippen LogP contribution in [0.25, 0.3) is 5.82 Å². The minimum absolute atomic E-state index is 0. The van der Waals surface area contributed by atoms with Crippen LogP contribution in [0.2, 0.25) is 0 Å². The third-order valence-electron chi connectivity index (χ3n) is 5.25. The zero-order chi connectivity index (χ0) is 19.3. The summed E-state index contributed by atoms with van der Waals surface area (Å²) in [5.41, 5.74) is 4.03. The maximum atomic E-state index is 4.55. The summed E-state index contributed by atoms with van der Waals surface area (Å²) in [6.07, 6.45) is 8.88. The van der Waals surface area contributed by atoms with Gasteiger partial charge in [-0.3, -0.25) is 9.56 Å². The minimum Gasteiger partial charge on any atom is -0.353 e. The van der Waals surface area contributed by atoms with E-state index >= 15 is 0 Å². The number of rotatable bonds is 4. The molecule has 6 nitrogen and oxygen atoms in total. The van der Waals surface area contributed by atoms with Crippen LogP contribution in [-0.4, -0.2) is 33.6 Å². The number of aromatic nitrogens is 3. The van der Waals surface area contributed by atoms with Gasteiger partial charge in [0.05, 0.1) is 0 Å². The van der Waals surface area contributed by atoms with Gasteiger partial charge < -0.3 is 10.6 Å². The van der Waals surface area contributed by atoms with Crippen LogP contribution >= 0.6 is 24.0 Å². The first-order valence-corrected chi connectivity index (χ1v) is 9.72. The molecule has 0 saturated heterocycles. The van der Waals surface area contributed by atoms with Crippen LogP contribution in [0.3, 0.4) is 0 Å². The Balaban J connectivity index is 0.00000240. The molecule has 0 saturated carbocycles. The molecule has 4 rings (SSSR count). The molecular formula is C22H27IN6. The number of nitrogens with zero attached hydrogens (tertiary/aromatic N) is 4. The number of halogens is 1. The predicted octanol–water partition coefficient (Wildman–Crippen LogP) is 3.42. The van der Waals surface area contributed by atoms with Gasteiger partial charge in [0.2, 0.25) is 0 Å². The highest BCUT2D eigenvalue weighted by atomic mass is 127. The number of aryl methyl sites for hydroxylation is 2. The number of hydrogen-bond donors (Lipinski definition) is 2. The molecule has 2 N–H and O–H groups in total. The van der Waals surface area contributed by atoms with Gasteiger partial charge in [0.15, 0.2) is 5.96 Å². The van der Waals surface area contributed by atoms with E-state index in [4.69, 9.17) is 0 Å². The van der Waals surface area contributed by atoms with Crippen molar-refractivity contribution in [3.8, 4) is 5.82 Å². The van der Waals surface area contributed by atoms with Crippen LogP contribution < -0.4 is 10.6 Å². The highest BCUT2D eigenvalue weighted by molar-refractivity contribution is 14.0. The number of pyridine rings is 1. The molecule has 0 fully saturated rings. The number of imidazole rings is 1. The molecule has 0 aliphatic heterocycles. The van der Waals surface area contributed by atoms with E-state index in [1.807, 2.05) is 37.0 Å². The van der Waals surface area contributed by atoms with E-state index in [0.717, 1.165) is 42.4 Å². The molecule has 1 unspecified atom stereocenters. The first kappa shape index (κ1) is 21.3. The average Bonchev–Trinajstić information content (AvgIpc) is 3.17.